The van der Waals surface area contributed by atoms with Gasteiger partial charge in [0.2, 0.25) is 0 Å². The molecule has 1 aromatic heterocycles. The van der Waals surface area contributed by atoms with E-state index in [2.05, 4.69) is 71.4 Å². The van der Waals surface area contributed by atoms with Crippen molar-refractivity contribution in [2.75, 3.05) is 26.2 Å². The van der Waals surface area contributed by atoms with Crippen molar-refractivity contribution in [2.24, 2.45) is 0 Å². The second kappa shape index (κ2) is 7.98. The molecule has 5 nitrogen and oxygen atoms in total. The highest BCUT2D eigenvalue weighted by Gasteiger charge is 2.23. The third-order valence-corrected chi connectivity index (χ3v) is 5.37. The first-order valence-electron chi connectivity index (χ1n) is 9.79. The standard InChI is InChI=1S/C23H26N4O/c1-17-8-9-20(18(2)14-17)21-15-22(25-24-21)23(28)27-12-10-26(11-13-27)16-19-6-4-3-5-7-19/h3-9,14-15H,10-13,16H2,1-2H3,(H,24,25). The lowest BCUT2D eigenvalue weighted by atomic mass is 10.0. The van der Waals surface area contributed by atoms with Crippen LogP contribution in [0.4, 0.5) is 0 Å². The summed E-state index contributed by atoms with van der Waals surface area (Å²) in [5.74, 6) is 0.0304. The van der Waals surface area contributed by atoms with E-state index in [-0.39, 0.29) is 5.91 Å². The van der Waals surface area contributed by atoms with Crippen LogP contribution in [0.5, 0.6) is 0 Å². The average Bonchev–Trinajstić information content (AvgIpc) is 3.19. The van der Waals surface area contributed by atoms with Crippen LogP contribution in [0.25, 0.3) is 11.3 Å². The molecule has 28 heavy (non-hydrogen) atoms. The maximum absolute atomic E-state index is 12.9. The number of piperazine rings is 1. The smallest absolute Gasteiger partial charge is 0.271 e. The van der Waals surface area contributed by atoms with E-state index in [0.717, 1.165) is 44.0 Å². The molecule has 5 heteroatoms. The number of aromatic nitrogens is 2. The summed E-state index contributed by atoms with van der Waals surface area (Å²) in [6.45, 7) is 8.34. The van der Waals surface area contributed by atoms with Crippen LogP contribution in [0, 0.1) is 13.8 Å². The lowest BCUT2D eigenvalue weighted by Gasteiger charge is -2.34. The summed E-state index contributed by atoms with van der Waals surface area (Å²) >= 11 is 0. The third-order valence-electron chi connectivity index (χ3n) is 5.37. The van der Waals surface area contributed by atoms with E-state index in [1.54, 1.807) is 0 Å². The summed E-state index contributed by atoms with van der Waals surface area (Å²) in [5.41, 5.74) is 6.15. The summed E-state index contributed by atoms with van der Waals surface area (Å²) < 4.78 is 0. The summed E-state index contributed by atoms with van der Waals surface area (Å²) in [4.78, 5) is 17.2. The maximum atomic E-state index is 12.9. The van der Waals surface area contributed by atoms with E-state index in [4.69, 9.17) is 0 Å². The molecule has 1 fully saturated rings. The monoisotopic (exact) mass is 374 g/mol. The summed E-state index contributed by atoms with van der Waals surface area (Å²) in [6, 6.07) is 18.6. The Kier molecular flexibility index (Phi) is 5.26. The molecule has 1 saturated heterocycles. The number of aromatic amines is 1. The number of nitrogens with one attached hydrogen (secondary N) is 1. The molecule has 4 rings (SSSR count). The first kappa shape index (κ1) is 18.4. The predicted octanol–water partition coefficient (Wildman–Crippen LogP) is 3.65. The molecule has 1 aliphatic heterocycles. The molecule has 0 unspecified atom stereocenters. The zero-order valence-electron chi connectivity index (χ0n) is 16.5. The van der Waals surface area contributed by atoms with Gasteiger partial charge in [0.1, 0.15) is 5.69 Å². The fourth-order valence-electron chi connectivity index (χ4n) is 3.79. The van der Waals surface area contributed by atoms with Crippen LogP contribution in [0.3, 0.4) is 0 Å². The van der Waals surface area contributed by atoms with Gasteiger partial charge in [-0.05, 0) is 31.0 Å². The van der Waals surface area contributed by atoms with E-state index in [9.17, 15) is 4.79 Å². The Morgan fingerprint density at radius 3 is 2.46 bits per heavy atom. The minimum atomic E-state index is 0.0304. The number of aryl methyl sites for hydroxylation is 2. The van der Waals surface area contributed by atoms with E-state index in [1.807, 2.05) is 17.0 Å². The SMILES string of the molecule is Cc1ccc(-c2cc(C(=O)N3CCN(Cc4ccccc4)CC3)[nH]n2)c(C)c1. The van der Waals surface area contributed by atoms with Gasteiger partial charge in [-0.3, -0.25) is 14.8 Å². The zero-order chi connectivity index (χ0) is 19.5. The molecule has 0 aliphatic carbocycles. The molecule has 0 radical (unpaired) electrons. The van der Waals surface area contributed by atoms with Gasteiger partial charge < -0.3 is 4.90 Å². The second-order valence-corrected chi connectivity index (χ2v) is 7.54. The Bertz CT molecular complexity index is 956. The minimum Gasteiger partial charge on any atom is -0.335 e. The number of amides is 1. The highest BCUT2D eigenvalue weighted by atomic mass is 16.2. The number of nitrogens with zero attached hydrogens (tertiary/aromatic N) is 3. The van der Waals surface area contributed by atoms with E-state index < -0.39 is 0 Å². The van der Waals surface area contributed by atoms with Gasteiger partial charge in [-0.25, -0.2) is 0 Å². The molecule has 2 heterocycles. The molecule has 0 bridgehead atoms. The van der Waals surface area contributed by atoms with Crippen molar-refractivity contribution < 1.29 is 4.79 Å². The third kappa shape index (κ3) is 3.99. The average molecular weight is 374 g/mol. The van der Waals surface area contributed by atoms with Gasteiger partial charge in [0.05, 0.1) is 5.69 Å². The predicted molar refractivity (Wildman–Crippen MR) is 111 cm³/mol. The van der Waals surface area contributed by atoms with Crippen molar-refractivity contribution >= 4 is 5.91 Å². The highest BCUT2D eigenvalue weighted by molar-refractivity contribution is 5.93. The van der Waals surface area contributed by atoms with Crippen LogP contribution in [0.1, 0.15) is 27.2 Å². The molecule has 0 saturated carbocycles. The molecule has 1 aliphatic rings. The van der Waals surface area contributed by atoms with Crippen LogP contribution >= 0.6 is 0 Å². The lowest BCUT2D eigenvalue weighted by molar-refractivity contribution is 0.0622. The van der Waals surface area contributed by atoms with Gasteiger partial charge in [0.25, 0.3) is 5.91 Å². The fraction of sp³-hybridized carbons (Fsp3) is 0.304. The Balaban J connectivity index is 1.39. The Morgan fingerprint density at radius 2 is 1.75 bits per heavy atom. The highest BCUT2D eigenvalue weighted by Crippen LogP contribution is 2.23. The molecule has 0 atom stereocenters. The van der Waals surface area contributed by atoms with Crippen LogP contribution in [-0.2, 0) is 6.54 Å². The fourth-order valence-corrected chi connectivity index (χ4v) is 3.79. The van der Waals surface area contributed by atoms with Crippen molar-refractivity contribution in [1.82, 2.24) is 20.0 Å². The van der Waals surface area contributed by atoms with Gasteiger partial charge in [-0.15, -0.1) is 0 Å². The number of hydrogen-bond acceptors (Lipinski definition) is 3. The number of carbonyl (C=O) groups excluding carboxylic acids is 1. The van der Waals surface area contributed by atoms with Crippen LogP contribution < -0.4 is 0 Å². The van der Waals surface area contributed by atoms with Gasteiger partial charge in [-0.1, -0.05) is 54.1 Å². The lowest BCUT2D eigenvalue weighted by Crippen LogP contribution is -2.48. The summed E-state index contributed by atoms with van der Waals surface area (Å²) in [6.07, 6.45) is 0. The molecule has 144 valence electrons. The number of carbonyl (C=O) groups is 1. The van der Waals surface area contributed by atoms with Gasteiger partial charge in [0, 0.05) is 38.3 Å². The summed E-state index contributed by atoms with van der Waals surface area (Å²) in [5, 5.41) is 7.32. The van der Waals surface area contributed by atoms with E-state index in [1.165, 1.54) is 16.7 Å². The molecule has 1 N–H and O–H groups in total. The Labute approximate surface area is 166 Å². The molecular weight excluding hydrogens is 348 g/mol. The second-order valence-electron chi connectivity index (χ2n) is 7.54. The first-order valence-corrected chi connectivity index (χ1v) is 9.79. The van der Waals surface area contributed by atoms with Crippen LogP contribution in [-0.4, -0.2) is 52.1 Å². The van der Waals surface area contributed by atoms with Gasteiger partial charge in [-0.2, -0.15) is 5.10 Å². The topological polar surface area (TPSA) is 52.2 Å². The Morgan fingerprint density at radius 1 is 1.00 bits per heavy atom. The van der Waals surface area contributed by atoms with Crippen molar-refractivity contribution in [1.29, 1.82) is 0 Å². The number of H-pyrrole nitrogens is 1. The van der Waals surface area contributed by atoms with Crippen LogP contribution in [0.15, 0.2) is 54.6 Å². The zero-order valence-corrected chi connectivity index (χ0v) is 16.5. The minimum absolute atomic E-state index is 0.0304. The normalized spacial score (nSPS) is 15.0. The Hall–Kier alpha value is -2.92. The molecular formula is C23H26N4O. The van der Waals surface area contributed by atoms with Crippen molar-refractivity contribution in [3.05, 3.63) is 77.0 Å². The van der Waals surface area contributed by atoms with Crippen LogP contribution in [0.2, 0.25) is 0 Å². The number of benzene rings is 2. The maximum Gasteiger partial charge on any atom is 0.271 e. The molecule has 0 spiro atoms. The van der Waals surface area contributed by atoms with Crippen molar-refractivity contribution in [3.8, 4) is 11.3 Å². The summed E-state index contributed by atoms with van der Waals surface area (Å²) in [7, 11) is 0. The number of hydrogen-bond donors (Lipinski definition) is 1. The molecule has 3 aromatic rings. The van der Waals surface area contributed by atoms with Crippen molar-refractivity contribution in [3.63, 3.8) is 0 Å². The van der Waals surface area contributed by atoms with E-state index in [0.29, 0.717) is 5.69 Å². The molecule has 1 amide bonds. The number of rotatable bonds is 4. The van der Waals surface area contributed by atoms with Gasteiger partial charge >= 0.3 is 0 Å². The molecule has 2 aromatic carbocycles. The quantitative estimate of drug-likeness (QED) is 0.758. The van der Waals surface area contributed by atoms with E-state index >= 15 is 0 Å². The van der Waals surface area contributed by atoms with Gasteiger partial charge in [0.15, 0.2) is 0 Å². The van der Waals surface area contributed by atoms with Crippen molar-refractivity contribution in [2.45, 2.75) is 20.4 Å². The largest absolute Gasteiger partial charge is 0.335 e. The first-order chi connectivity index (χ1) is 13.6.